The van der Waals surface area contributed by atoms with Crippen molar-refractivity contribution in [3.63, 3.8) is 0 Å². The van der Waals surface area contributed by atoms with E-state index in [2.05, 4.69) is 16.4 Å². The predicted octanol–water partition coefficient (Wildman–Crippen LogP) is 4.14. The molecule has 0 saturated carbocycles. The Balaban J connectivity index is 1.78. The third-order valence-electron chi connectivity index (χ3n) is 4.06. The number of carbonyl (C=O) groups excluding carboxylic acids is 1. The number of hydrogen-bond donors (Lipinski definition) is 1. The Morgan fingerprint density at radius 1 is 1.32 bits per heavy atom. The molecule has 0 saturated heterocycles. The molecule has 2 heterocycles. The number of aromatic nitrogens is 1. The summed E-state index contributed by atoms with van der Waals surface area (Å²) in [6.45, 7) is 6.73. The molecule has 1 aliphatic rings. The summed E-state index contributed by atoms with van der Waals surface area (Å²) in [5.41, 5.74) is 2.68. The van der Waals surface area contributed by atoms with Crippen LogP contribution in [0.5, 0.6) is 5.75 Å². The number of pyridine rings is 1. The van der Waals surface area contributed by atoms with E-state index in [1.54, 1.807) is 6.20 Å². The van der Waals surface area contributed by atoms with Crippen LogP contribution in [-0.4, -0.2) is 29.8 Å². The van der Waals surface area contributed by atoms with Crippen LogP contribution in [0.4, 0.5) is 4.79 Å². The molecule has 0 radical (unpaired) electrons. The minimum Gasteiger partial charge on any atom is -0.493 e. The first-order valence-corrected chi connectivity index (χ1v) is 8.57. The Kier molecular flexibility index (Phi) is 4.93. The molecule has 1 aromatic carbocycles. The van der Waals surface area contributed by atoms with Gasteiger partial charge in [-0.1, -0.05) is 24.3 Å². The van der Waals surface area contributed by atoms with E-state index in [0.717, 1.165) is 28.9 Å². The number of benzene rings is 1. The number of amides is 1. The highest BCUT2D eigenvalue weighted by atomic mass is 16.6. The van der Waals surface area contributed by atoms with Gasteiger partial charge in [-0.25, -0.2) is 4.79 Å². The molecule has 5 nitrogen and oxygen atoms in total. The molecule has 1 aromatic heterocycles. The molecular weight excluding hydrogens is 316 g/mol. The van der Waals surface area contributed by atoms with Gasteiger partial charge < -0.3 is 14.8 Å². The predicted molar refractivity (Wildman–Crippen MR) is 96.8 cm³/mol. The summed E-state index contributed by atoms with van der Waals surface area (Å²) >= 11 is 0. The van der Waals surface area contributed by atoms with Crippen molar-refractivity contribution in [1.29, 1.82) is 0 Å². The lowest BCUT2D eigenvalue weighted by Gasteiger charge is -2.28. The maximum atomic E-state index is 11.9. The summed E-state index contributed by atoms with van der Waals surface area (Å²) in [6, 6.07) is 10.1. The van der Waals surface area contributed by atoms with Gasteiger partial charge >= 0.3 is 6.09 Å². The largest absolute Gasteiger partial charge is 0.493 e. The van der Waals surface area contributed by atoms with Crippen molar-refractivity contribution in [3.8, 4) is 16.9 Å². The fourth-order valence-electron chi connectivity index (χ4n) is 2.98. The van der Waals surface area contributed by atoms with Crippen LogP contribution in [0.25, 0.3) is 11.1 Å². The zero-order valence-electron chi connectivity index (χ0n) is 14.9. The van der Waals surface area contributed by atoms with Crippen LogP contribution in [0.15, 0.2) is 42.7 Å². The number of hydrogen-bond acceptors (Lipinski definition) is 4. The monoisotopic (exact) mass is 340 g/mol. The lowest BCUT2D eigenvalue weighted by molar-refractivity contribution is 0.0521. The second-order valence-electron chi connectivity index (χ2n) is 7.18. The molecule has 1 N–H and O–H groups in total. The van der Waals surface area contributed by atoms with Gasteiger partial charge in [0.05, 0.1) is 6.61 Å². The van der Waals surface area contributed by atoms with Gasteiger partial charge in [0, 0.05) is 36.0 Å². The molecule has 5 heteroatoms. The van der Waals surface area contributed by atoms with E-state index >= 15 is 0 Å². The van der Waals surface area contributed by atoms with Gasteiger partial charge in [0.1, 0.15) is 11.4 Å². The van der Waals surface area contributed by atoms with E-state index in [0.29, 0.717) is 13.2 Å². The Labute approximate surface area is 148 Å². The van der Waals surface area contributed by atoms with E-state index in [-0.39, 0.29) is 12.0 Å². The molecule has 0 aliphatic carbocycles. The minimum absolute atomic E-state index is 0.202. The highest BCUT2D eigenvalue weighted by Gasteiger charge is 2.25. The second kappa shape index (κ2) is 7.13. The van der Waals surface area contributed by atoms with Crippen molar-refractivity contribution in [1.82, 2.24) is 10.3 Å². The molecule has 0 unspecified atom stereocenters. The topological polar surface area (TPSA) is 60.5 Å². The third-order valence-corrected chi connectivity index (χ3v) is 4.06. The van der Waals surface area contributed by atoms with Crippen LogP contribution >= 0.6 is 0 Å². The molecule has 3 rings (SSSR count). The van der Waals surface area contributed by atoms with Crippen molar-refractivity contribution in [3.05, 3.63) is 48.3 Å². The molecule has 1 aliphatic heterocycles. The van der Waals surface area contributed by atoms with E-state index in [1.807, 2.05) is 51.2 Å². The highest BCUT2D eigenvalue weighted by Crippen LogP contribution is 2.40. The van der Waals surface area contributed by atoms with E-state index in [9.17, 15) is 4.79 Å². The Bertz CT molecular complexity index is 738. The van der Waals surface area contributed by atoms with Crippen molar-refractivity contribution in [2.45, 2.75) is 38.7 Å². The smallest absolute Gasteiger partial charge is 0.407 e. The highest BCUT2D eigenvalue weighted by molar-refractivity contribution is 5.72. The fraction of sp³-hybridized carbons (Fsp3) is 0.400. The average molecular weight is 340 g/mol. The van der Waals surface area contributed by atoms with E-state index < -0.39 is 5.60 Å². The number of ether oxygens (including phenoxy) is 2. The normalized spacial score (nSPS) is 16.5. The van der Waals surface area contributed by atoms with Gasteiger partial charge in [-0.15, -0.1) is 0 Å². The number of para-hydroxylation sites is 1. The first-order chi connectivity index (χ1) is 11.9. The van der Waals surface area contributed by atoms with Gasteiger partial charge in [0.2, 0.25) is 0 Å². The summed E-state index contributed by atoms with van der Waals surface area (Å²) in [7, 11) is 0. The lowest BCUT2D eigenvalue weighted by Crippen LogP contribution is -2.35. The van der Waals surface area contributed by atoms with Gasteiger partial charge in [0.15, 0.2) is 0 Å². The van der Waals surface area contributed by atoms with Gasteiger partial charge in [-0.3, -0.25) is 4.98 Å². The zero-order valence-corrected chi connectivity index (χ0v) is 14.9. The minimum atomic E-state index is -0.495. The molecule has 1 amide bonds. The van der Waals surface area contributed by atoms with Gasteiger partial charge in [-0.2, -0.15) is 0 Å². The second-order valence-corrected chi connectivity index (χ2v) is 7.18. The van der Waals surface area contributed by atoms with E-state index in [1.165, 1.54) is 0 Å². The first-order valence-electron chi connectivity index (χ1n) is 8.57. The SMILES string of the molecule is CC(C)(C)OC(=O)NC[C@H]1CCOc2c(-c3cccnc3)cccc21. The van der Waals surface area contributed by atoms with Gasteiger partial charge in [-0.05, 0) is 38.8 Å². The van der Waals surface area contributed by atoms with Crippen LogP contribution in [0.1, 0.15) is 38.7 Å². The van der Waals surface area contributed by atoms with Gasteiger partial charge in [0.25, 0.3) is 0 Å². The Morgan fingerprint density at radius 2 is 2.16 bits per heavy atom. The summed E-state index contributed by atoms with van der Waals surface area (Å²) in [4.78, 5) is 16.1. The Hall–Kier alpha value is -2.56. The Morgan fingerprint density at radius 3 is 2.88 bits per heavy atom. The summed E-state index contributed by atoms with van der Waals surface area (Å²) < 4.78 is 11.3. The maximum Gasteiger partial charge on any atom is 0.407 e. The van der Waals surface area contributed by atoms with Crippen molar-refractivity contribution in [2.24, 2.45) is 0 Å². The molecule has 2 aromatic rings. The van der Waals surface area contributed by atoms with Crippen molar-refractivity contribution < 1.29 is 14.3 Å². The molecular formula is C20H24N2O3. The molecule has 0 spiro atoms. The van der Waals surface area contributed by atoms with Crippen LogP contribution in [0, 0.1) is 0 Å². The number of carbonyl (C=O) groups is 1. The fourth-order valence-corrected chi connectivity index (χ4v) is 2.98. The van der Waals surface area contributed by atoms with E-state index in [4.69, 9.17) is 9.47 Å². The van der Waals surface area contributed by atoms with Crippen LogP contribution in [0.2, 0.25) is 0 Å². The molecule has 0 bridgehead atoms. The molecule has 132 valence electrons. The van der Waals surface area contributed by atoms with Crippen LogP contribution in [-0.2, 0) is 4.74 Å². The number of alkyl carbamates (subject to hydrolysis) is 1. The molecule has 1 atom stereocenters. The quantitative estimate of drug-likeness (QED) is 0.912. The van der Waals surface area contributed by atoms with Crippen molar-refractivity contribution >= 4 is 6.09 Å². The van der Waals surface area contributed by atoms with Crippen LogP contribution < -0.4 is 10.1 Å². The number of nitrogens with one attached hydrogen (secondary N) is 1. The lowest BCUT2D eigenvalue weighted by atomic mass is 9.90. The number of rotatable bonds is 3. The molecule has 0 fully saturated rings. The first kappa shape index (κ1) is 17.3. The average Bonchev–Trinajstić information content (AvgIpc) is 2.58. The summed E-state index contributed by atoms with van der Waals surface area (Å²) in [5, 5.41) is 2.88. The van der Waals surface area contributed by atoms with Crippen LogP contribution in [0.3, 0.4) is 0 Å². The summed E-state index contributed by atoms with van der Waals surface area (Å²) in [5.74, 6) is 1.09. The zero-order chi connectivity index (χ0) is 17.9. The maximum absolute atomic E-state index is 11.9. The third kappa shape index (κ3) is 4.29. The standard InChI is InChI=1S/C20H24N2O3/c1-20(2,3)25-19(23)22-13-15-9-11-24-18-16(7-4-8-17(15)18)14-6-5-10-21-12-14/h4-8,10,12,15H,9,11,13H2,1-3H3,(H,22,23)/t15-/m1/s1. The summed E-state index contributed by atoms with van der Waals surface area (Å²) in [6.07, 6.45) is 4.07. The number of fused-ring (bicyclic) bond motifs is 1. The number of nitrogens with zero attached hydrogens (tertiary/aromatic N) is 1. The molecule has 25 heavy (non-hydrogen) atoms. The van der Waals surface area contributed by atoms with Crippen molar-refractivity contribution in [2.75, 3.05) is 13.2 Å².